The van der Waals surface area contributed by atoms with Crippen LogP contribution in [-0.4, -0.2) is 19.4 Å². The first-order valence-electron chi connectivity index (χ1n) is 9.21. The summed E-state index contributed by atoms with van der Waals surface area (Å²) in [5, 5.41) is 0. The zero-order valence-corrected chi connectivity index (χ0v) is 15.1. The highest BCUT2D eigenvalue weighted by Gasteiger charge is 2.32. The van der Waals surface area contributed by atoms with Crippen LogP contribution in [0.25, 0.3) is 6.08 Å². The Hall–Kier alpha value is -1.47. The number of hydrogen-bond donors (Lipinski definition) is 0. The Kier molecular flexibility index (Phi) is 6.21. The summed E-state index contributed by atoms with van der Waals surface area (Å²) in [5.41, 5.74) is -0.606. The van der Waals surface area contributed by atoms with Gasteiger partial charge in [-0.25, -0.2) is 8.78 Å². The van der Waals surface area contributed by atoms with E-state index in [9.17, 15) is 22.0 Å². The summed E-state index contributed by atoms with van der Waals surface area (Å²) >= 11 is 0. The smallest absolute Gasteiger partial charge is 0.348 e. The second kappa shape index (κ2) is 8.27. The van der Waals surface area contributed by atoms with Crippen LogP contribution in [-0.2, 0) is 9.47 Å². The van der Waals surface area contributed by atoms with Crippen molar-refractivity contribution in [3.8, 4) is 0 Å². The van der Waals surface area contributed by atoms with Crippen molar-refractivity contribution in [1.29, 1.82) is 0 Å². The van der Waals surface area contributed by atoms with Gasteiger partial charge in [0, 0.05) is 23.1 Å². The van der Waals surface area contributed by atoms with Crippen molar-refractivity contribution < 1.29 is 31.4 Å². The first-order chi connectivity index (χ1) is 12.7. The van der Waals surface area contributed by atoms with Crippen LogP contribution >= 0.6 is 0 Å². The zero-order valence-electron chi connectivity index (χ0n) is 15.1. The third-order valence-electron chi connectivity index (χ3n) is 5.46. The van der Waals surface area contributed by atoms with Gasteiger partial charge < -0.3 is 9.47 Å². The van der Waals surface area contributed by atoms with Gasteiger partial charge in [-0.15, -0.1) is 0 Å². The quantitative estimate of drug-likeness (QED) is 0.587. The van der Waals surface area contributed by atoms with Gasteiger partial charge in [-0.3, -0.25) is 0 Å². The predicted molar refractivity (Wildman–Crippen MR) is 90.7 cm³/mol. The van der Waals surface area contributed by atoms with E-state index < -0.39 is 29.7 Å². The maximum atomic E-state index is 14.1. The SMILES string of the molecule is CC1CCC(C2COC(c3cc(F)c(/C=C/C(F)(F)F)c(F)c3)OC2)CC1. The minimum Gasteiger partial charge on any atom is -0.348 e. The van der Waals surface area contributed by atoms with E-state index in [1.54, 1.807) is 0 Å². The van der Waals surface area contributed by atoms with Crippen LogP contribution in [0.3, 0.4) is 0 Å². The van der Waals surface area contributed by atoms with Crippen molar-refractivity contribution in [2.75, 3.05) is 13.2 Å². The van der Waals surface area contributed by atoms with Crippen molar-refractivity contribution in [3.05, 3.63) is 41.0 Å². The van der Waals surface area contributed by atoms with Gasteiger partial charge in [0.2, 0.25) is 0 Å². The molecule has 1 saturated heterocycles. The number of ether oxygens (including phenoxy) is 2. The molecule has 1 aliphatic heterocycles. The molecule has 27 heavy (non-hydrogen) atoms. The molecule has 0 spiro atoms. The third-order valence-corrected chi connectivity index (χ3v) is 5.46. The maximum Gasteiger partial charge on any atom is 0.409 e. The van der Waals surface area contributed by atoms with E-state index in [0.29, 0.717) is 25.2 Å². The van der Waals surface area contributed by atoms with Gasteiger partial charge in [0.15, 0.2) is 6.29 Å². The molecule has 150 valence electrons. The fourth-order valence-electron chi connectivity index (χ4n) is 3.82. The number of halogens is 5. The Labute approximate surface area is 155 Å². The second-order valence-corrected chi connectivity index (χ2v) is 7.55. The molecule has 0 N–H and O–H groups in total. The molecule has 1 heterocycles. The molecule has 2 aliphatic rings. The zero-order chi connectivity index (χ0) is 19.6. The largest absolute Gasteiger partial charge is 0.409 e. The van der Waals surface area contributed by atoms with E-state index in [0.717, 1.165) is 30.9 Å². The number of allylic oxidation sites excluding steroid dienone is 1. The summed E-state index contributed by atoms with van der Waals surface area (Å²) in [6.07, 6.45) is -0.720. The van der Waals surface area contributed by atoms with Crippen LogP contribution in [0, 0.1) is 29.4 Å². The molecule has 1 aromatic carbocycles. The maximum absolute atomic E-state index is 14.1. The van der Waals surface area contributed by atoms with Crippen LogP contribution in [0.4, 0.5) is 22.0 Å². The second-order valence-electron chi connectivity index (χ2n) is 7.55. The van der Waals surface area contributed by atoms with Gasteiger partial charge in [-0.1, -0.05) is 19.8 Å². The molecular formula is C20H23F5O2. The average Bonchev–Trinajstić information content (AvgIpc) is 2.61. The van der Waals surface area contributed by atoms with Crippen molar-refractivity contribution in [2.24, 2.45) is 17.8 Å². The fraction of sp³-hybridized carbons (Fsp3) is 0.600. The summed E-state index contributed by atoms with van der Waals surface area (Å²) < 4.78 is 76.1. The van der Waals surface area contributed by atoms with E-state index in [1.807, 2.05) is 0 Å². The normalized spacial score (nSPS) is 30.0. The van der Waals surface area contributed by atoms with E-state index in [4.69, 9.17) is 9.47 Å². The minimum atomic E-state index is -4.64. The van der Waals surface area contributed by atoms with Crippen molar-refractivity contribution >= 4 is 6.08 Å². The predicted octanol–water partition coefficient (Wildman–Crippen LogP) is 6.03. The lowest BCUT2D eigenvalue weighted by Crippen LogP contribution is -2.34. The fourth-order valence-corrected chi connectivity index (χ4v) is 3.82. The third kappa shape index (κ3) is 5.29. The van der Waals surface area contributed by atoms with E-state index in [1.165, 1.54) is 12.8 Å². The summed E-state index contributed by atoms with van der Waals surface area (Å²) in [4.78, 5) is 0. The van der Waals surface area contributed by atoms with Gasteiger partial charge in [0.05, 0.1) is 13.2 Å². The molecule has 2 fully saturated rings. The van der Waals surface area contributed by atoms with Gasteiger partial charge >= 0.3 is 6.18 Å². The molecule has 0 unspecified atom stereocenters. The Balaban J connectivity index is 1.63. The highest BCUT2D eigenvalue weighted by Crippen LogP contribution is 2.37. The van der Waals surface area contributed by atoms with Crippen LogP contribution in [0.1, 0.15) is 50.0 Å². The monoisotopic (exact) mass is 390 g/mol. The highest BCUT2D eigenvalue weighted by atomic mass is 19.4. The summed E-state index contributed by atoms with van der Waals surface area (Å²) in [6, 6.07) is 1.93. The molecule has 3 rings (SSSR count). The first-order valence-corrected chi connectivity index (χ1v) is 9.21. The summed E-state index contributed by atoms with van der Waals surface area (Å²) in [5.74, 6) is -0.625. The van der Waals surface area contributed by atoms with Crippen molar-refractivity contribution in [1.82, 2.24) is 0 Å². The van der Waals surface area contributed by atoms with Crippen molar-refractivity contribution in [2.45, 2.75) is 45.1 Å². The number of rotatable bonds is 3. The molecule has 7 heteroatoms. The molecule has 1 aliphatic carbocycles. The standard InChI is InChI=1S/C20H23F5O2/c1-12-2-4-13(5-3-12)15-10-26-19(27-11-15)14-8-17(21)16(18(22)9-14)6-7-20(23,24)25/h6-9,12-13,15,19H,2-5,10-11H2,1H3/b7-6+. The van der Waals surface area contributed by atoms with Crippen LogP contribution in [0.2, 0.25) is 0 Å². The average molecular weight is 390 g/mol. The number of alkyl halides is 3. The molecule has 1 saturated carbocycles. The lowest BCUT2D eigenvalue weighted by Gasteiger charge is -2.37. The van der Waals surface area contributed by atoms with Gasteiger partial charge in [0.1, 0.15) is 11.6 Å². The number of benzene rings is 1. The Morgan fingerprint density at radius 3 is 2.00 bits per heavy atom. The molecular weight excluding hydrogens is 367 g/mol. The molecule has 0 bridgehead atoms. The van der Waals surface area contributed by atoms with Crippen LogP contribution in [0.5, 0.6) is 0 Å². The molecule has 0 amide bonds. The van der Waals surface area contributed by atoms with E-state index in [-0.39, 0.29) is 17.6 Å². The van der Waals surface area contributed by atoms with E-state index in [2.05, 4.69) is 6.92 Å². The Morgan fingerprint density at radius 1 is 0.926 bits per heavy atom. The minimum absolute atomic E-state index is 0.130. The van der Waals surface area contributed by atoms with Gasteiger partial charge in [0.25, 0.3) is 0 Å². The lowest BCUT2D eigenvalue weighted by atomic mass is 9.76. The topological polar surface area (TPSA) is 18.5 Å². The van der Waals surface area contributed by atoms with E-state index >= 15 is 0 Å². The van der Waals surface area contributed by atoms with Crippen LogP contribution in [0.15, 0.2) is 18.2 Å². The molecule has 0 radical (unpaired) electrons. The first kappa shape index (κ1) is 20.3. The van der Waals surface area contributed by atoms with Crippen LogP contribution < -0.4 is 0 Å². The Bertz CT molecular complexity index is 646. The molecule has 0 aromatic heterocycles. The van der Waals surface area contributed by atoms with Gasteiger partial charge in [-0.2, -0.15) is 13.2 Å². The summed E-state index contributed by atoms with van der Waals surface area (Å²) in [6.45, 7) is 3.14. The van der Waals surface area contributed by atoms with Gasteiger partial charge in [-0.05, 0) is 42.9 Å². The lowest BCUT2D eigenvalue weighted by molar-refractivity contribution is -0.214. The highest BCUT2D eigenvalue weighted by molar-refractivity contribution is 5.52. The van der Waals surface area contributed by atoms with Crippen molar-refractivity contribution in [3.63, 3.8) is 0 Å². The molecule has 2 nitrogen and oxygen atoms in total. The molecule has 1 aromatic rings. The number of hydrogen-bond acceptors (Lipinski definition) is 2. The Morgan fingerprint density at radius 2 is 1.48 bits per heavy atom. The molecule has 0 atom stereocenters. The summed E-state index contributed by atoms with van der Waals surface area (Å²) in [7, 11) is 0.